The smallest absolute Gasteiger partial charge is 0.157 e. The third kappa shape index (κ3) is 10.5. The standard InChI is InChI=1S/C38H54O2P/c1-6-29-39-38(40-30-7-2)16-14-12-10-8-9-11-13-15-31-41(35-23-17-32(3)18-24-35,36-25-19-33(4)20-26-36)37-27-21-34(5)22-28-37/h9,11,17-28,38H,6-8,10,12-16,29-31H2,1-5H3/q+1/b11-9-. The Morgan fingerprint density at radius 1 is 0.561 bits per heavy atom. The number of hydrogen-bond donors (Lipinski definition) is 0. The molecule has 0 heterocycles. The Labute approximate surface area is 251 Å². The maximum atomic E-state index is 5.87. The summed E-state index contributed by atoms with van der Waals surface area (Å²) in [6.45, 7) is 12.4. The van der Waals surface area contributed by atoms with Crippen molar-refractivity contribution in [2.75, 3.05) is 19.4 Å². The van der Waals surface area contributed by atoms with Crippen LogP contribution in [0.25, 0.3) is 0 Å². The average Bonchev–Trinajstić information content (AvgIpc) is 2.98. The van der Waals surface area contributed by atoms with Crippen LogP contribution >= 0.6 is 7.26 Å². The molecule has 0 aliphatic carbocycles. The third-order valence-corrected chi connectivity index (χ3v) is 12.3. The summed E-state index contributed by atoms with van der Waals surface area (Å²) in [6, 6.07) is 28.1. The van der Waals surface area contributed by atoms with Gasteiger partial charge in [0.25, 0.3) is 0 Å². The molecule has 41 heavy (non-hydrogen) atoms. The number of unbranched alkanes of at least 4 members (excludes halogenated alkanes) is 4. The molecule has 0 saturated heterocycles. The van der Waals surface area contributed by atoms with Crippen molar-refractivity contribution in [2.24, 2.45) is 0 Å². The normalized spacial score (nSPS) is 12.0. The van der Waals surface area contributed by atoms with Gasteiger partial charge in [-0.1, -0.05) is 85.5 Å². The number of aryl methyl sites for hydroxylation is 3. The van der Waals surface area contributed by atoms with E-state index in [4.69, 9.17) is 9.47 Å². The Hall–Kier alpha value is -2.25. The lowest BCUT2D eigenvalue weighted by molar-refractivity contribution is -0.146. The van der Waals surface area contributed by atoms with Crippen LogP contribution in [0.4, 0.5) is 0 Å². The van der Waals surface area contributed by atoms with E-state index >= 15 is 0 Å². The second kappa shape index (κ2) is 18.3. The summed E-state index contributed by atoms with van der Waals surface area (Å²) in [5, 5.41) is 4.47. The zero-order valence-corrected chi connectivity index (χ0v) is 27.3. The second-order valence-electron chi connectivity index (χ2n) is 11.5. The first-order valence-electron chi connectivity index (χ1n) is 16.0. The van der Waals surface area contributed by atoms with Crippen LogP contribution in [0.2, 0.25) is 0 Å². The highest BCUT2D eigenvalue weighted by Gasteiger charge is 2.44. The topological polar surface area (TPSA) is 18.5 Å². The fourth-order valence-electron chi connectivity index (χ4n) is 5.38. The van der Waals surface area contributed by atoms with Gasteiger partial charge in [0.1, 0.15) is 23.2 Å². The van der Waals surface area contributed by atoms with Gasteiger partial charge in [0, 0.05) is 13.2 Å². The quantitative estimate of drug-likeness (QED) is 0.0616. The van der Waals surface area contributed by atoms with Crippen LogP contribution in [-0.4, -0.2) is 25.7 Å². The highest BCUT2D eigenvalue weighted by atomic mass is 31.2. The molecule has 0 aromatic heterocycles. The number of ether oxygens (including phenoxy) is 2. The van der Waals surface area contributed by atoms with Gasteiger partial charge in [-0.05, 0) is 109 Å². The summed E-state index contributed by atoms with van der Waals surface area (Å²) in [5.41, 5.74) is 3.96. The van der Waals surface area contributed by atoms with Gasteiger partial charge in [-0.15, -0.1) is 0 Å². The largest absolute Gasteiger partial charge is 0.353 e. The van der Waals surface area contributed by atoms with Crippen LogP contribution in [0, 0.1) is 20.8 Å². The van der Waals surface area contributed by atoms with Crippen molar-refractivity contribution in [2.45, 2.75) is 98.7 Å². The first-order chi connectivity index (χ1) is 20.0. The van der Waals surface area contributed by atoms with Crippen LogP contribution in [0.1, 0.15) is 88.3 Å². The molecule has 0 N–H and O–H groups in total. The molecule has 0 spiro atoms. The zero-order chi connectivity index (χ0) is 29.3. The van der Waals surface area contributed by atoms with Crippen molar-refractivity contribution in [3.8, 4) is 0 Å². The lowest BCUT2D eigenvalue weighted by atomic mass is 10.1. The average molecular weight is 574 g/mol. The van der Waals surface area contributed by atoms with Gasteiger partial charge in [0.05, 0.1) is 6.16 Å². The maximum absolute atomic E-state index is 5.87. The summed E-state index contributed by atoms with van der Waals surface area (Å²) < 4.78 is 11.7. The summed E-state index contributed by atoms with van der Waals surface area (Å²) in [4.78, 5) is 0. The Kier molecular flexibility index (Phi) is 14.9. The van der Waals surface area contributed by atoms with Crippen LogP contribution < -0.4 is 15.9 Å². The Balaban J connectivity index is 1.62. The lowest BCUT2D eigenvalue weighted by Gasteiger charge is -2.28. The third-order valence-electron chi connectivity index (χ3n) is 7.78. The predicted octanol–water partition coefficient (Wildman–Crippen LogP) is 9.37. The molecule has 222 valence electrons. The maximum Gasteiger partial charge on any atom is 0.157 e. The van der Waals surface area contributed by atoms with Gasteiger partial charge >= 0.3 is 0 Å². The first kappa shape index (κ1) is 33.3. The van der Waals surface area contributed by atoms with Gasteiger partial charge in [-0.3, -0.25) is 0 Å². The van der Waals surface area contributed by atoms with Crippen LogP contribution in [0.5, 0.6) is 0 Å². The monoisotopic (exact) mass is 573 g/mol. The molecule has 0 saturated carbocycles. The Morgan fingerprint density at radius 3 is 1.39 bits per heavy atom. The molecule has 0 radical (unpaired) electrons. The van der Waals surface area contributed by atoms with E-state index < -0.39 is 7.26 Å². The van der Waals surface area contributed by atoms with E-state index in [-0.39, 0.29) is 6.29 Å². The van der Waals surface area contributed by atoms with E-state index in [1.54, 1.807) is 0 Å². The second-order valence-corrected chi connectivity index (χ2v) is 15.1. The molecule has 0 fully saturated rings. The molecule has 0 aliphatic heterocycles. The molecule has 0 atom stereocenters. The molecule has 3 heteroatoms. The van der Waals surface area contributed by atoms with E-state index in [1.165, 1.54) is 64.4 Å². The number of hydrogen-bond acceptors (Lipinski definition) is 2. The molecule has 0 unspecified atom stereocenters. The van der Waals surface area contributed by atoms with Crippen LogP contribution in [0.3, 0.4) is 0 Å². The SMILES string of the molecule is CCCOC(CCCCC/C=C\CCC[P+](c1ccc(C)cc1)(c1ccc(C)cc1)c1ccc(C)cc1)OCCC. The first-order valence-corrected chi connectivity index (χ1v) is 17.9. The molecule has 0 aliphatic rings. The molecule has 0 bridgehead atoms. The van der Waals surface area contributed by atoms with Crippen LogP contribution in [-0.2, 0) is 9.47 Å². The van der Waals surface area contributed by atoms with E-state index in [0.29, 0.717) is 0 Å². The minimum atomic E-state index is -1.77. The van der Waals surface area contributed by atoms with Crippen molar-refractivity contribution < 1.29 is 9.47 Å². The summed E-state index contributed by atoms with van der Waals surface area (Å²) in [7, 11) is -1.77. The predicted molar refractivity (Wildman–Crippen MR) is 182 cm³/mol. The summed E-state index contributed by atoms with van der Waals surface area (Å²) >= 11 is 0. The molecule has 3 rings (SSSR count). The molecule has 3 aromatic rings. The molecular weight excluding hydrogens is 519 g/mol. The van der Waals surface area contributed by atoms with Crippen molar-refractivity contribution in [3.05, 3.63) is 102 Å². The van der Waals surface area contributed by atoms with Crippen molar-refractivity contribution in [1.29, 1.82) is 0 Å². The van der Waals surface area contributed by atoms with Crippen molar-refractivity contribution in [1.82, 2.24) is 0 Å². The highest BCUT2D eigenvalue weighted by Crippen LogP contribution is 2.56. The van der Waals surface area contributed by atoms with E-state index in [2.05, 4.69) is 120 Å². The molecule has 0 amide bonds. The molecule has 3 aromatic carbocycles. The Morgan fingerprint density at radius 2 is 0.976 bits per heavy atom. The number of benzene rings is 3. The minimum Gasteiger partial charge on any atom is -0.353 e. The number of rotatable bonds is 19. The fraction of sp³-hybridized carbons (Fsp3) is 0.474. The van der Waals surface area contributed by atoms with Gasteiger partial charge < -0.3 is 9.47 Å². The van der Waals surface area contributed by atoms with E-state index in [9.17, 15) is 0 Å². The van der Waals surface area contributed by atoms with Gasteiger partial charge in [-0.2, -0.15) is 0 Å². The zero-order valence-electron chi connectivity index (χ0n) is 26.4. The summed E-state index contributed by atoms with van der Waals surface area (Å²) in [6.07, 6.45) is 16.2. The van der Waals surface area contributed by atoms with Gasteiger partial charge in [0.2, 0.25) is 0 Å². The van der Waals surface area contributed by atoms with Crippen molar-refractivity contribution in [3.63, 3.8) is 0 Å². The van der Waals surface area contributed by atoms with Gasteiger partial charge in [0.15, 0.2) is 6.29 Å². The van der Waals surface area contributed by atoms with E-state index in [0.717, 1.165) is 45.3 Å². The summed E-state index contributed by atoms with van der Waals surface area (Å²) in [5.74, 6) is 0. The minimum absolute atomic E-state index is 0.0235. The highest BCUT2D eigenvalue weighted by molar-refractivity contribution is 7.95. The lowest BCUT2D eigenvalue weighted by Crippen LogP contribution is -2.33. The van der Waals surface area contributed by atoms with E-state index in [1.807, 2.05) is 0 Å². The Bertz CT molecular complexity index is 1010. The fourth-order valence-corrected chi connectivity index (χ4v) is 9.68. The van der Waals surface area contributed by atoms with Gasteiger partial charge in [-0.25, -0.2) is 0 Å². The van der Waals surface area contributed by atoms with Crippen molar-refractivity contribution >= 4 is 23.2 Å². The molecule has 2 nitrogen and oxygen atoms in total. The number of allylic oxidation sites excluding steroid dienone is 2. The van der Waals surface area contributed by atoms with Crippen LogP contribution in [0.15, 0.2) is 84.9 Å². The molecular formula is C38H54O2P+.